The van der Waals surface area contributed by atoms with Crippen molar-refractivity contribution in [1.82, 2.24) is 5.32 Å². The smallest absolute Gasteiger partial charge is 0.355 e. The van der Waals surface area contributed by atoms with Gasteiger partial charge in [-0.25, -0.2) is 0 Å². The summed E-state index contributed by atoms with van der Waals surface area (Å²) in [6.45, 7) is 0. The molecule has 1 N–H and O–H groups in total. The summed E-state index contributed by atoms with van der Waals surface area (Å²) in [5.41, 5.74) is 0.699. The van der Waals surface area contributed by atoms with Gasteiger partial charge in [-0.3, -0.25) is 4.79 Å². The van der Waals surface area contributed by atoms with Crippen LogP contribution in [0.15, 0.2) is 30.3 Å². The fraction of sp³-hybridized carbons (Fsp3) is 0.125. The second-order valence-corrected chi connectivity index (χ2v) is 1.95. The number of carbonyl (C=O) groups is 1. The number of nitrogens with one attached hydrogen (secondary N) is 1. The predicted molar refractivity (Wildman–Crippen MR) is 39.8 cm³/mol. The third-order valence-corrected chi connectivity index (χ3v) is 1.26. The summed E-state index contributed by atoms with van der Waals surface area (Å²) < 4.78 is 0. The van der Waals surface area contributed by atoms with E-state index in [4.69, 9.17) is 0 Å². The molecule has 11 heavy (non-hydrogen) atoms. The van der Waals surface area contributed by atoms with Crippen molar-refractivity contribution in [1.29, 1.82) is 0 Å². The fourth-order valence-corrected chi connectivity index (χ4v) is 0.734. The largest absolute Gasteiger partial charge is 1.00 e. The van der Waals surface area contributed by atoms with E-state index >= 15 is 0 Å². The first kappa shape index (κ1) is 11.3. The van der Waals surface area contributed by atoms with Gasteiger partial charge in [0.25, 0.3) is 5.91 Å². The van der Waals surface area contributed by atoms with Crippen LogP contribution in [0.1, 0.15) is 10.4 Å². The average Bonchev–Trinajstić information content (AvgIpc) is 2.05. The molecule has 1 aromatic rings. The molecule has 0 saturated carbocycles. The van der Waals surface area contributed by atoms with Crippen molar-refractivity contribution in [3.63, 3.8) is 0 Å². The van der Waals surface area contributed by atoms with Crippen molar-refractivity contribution < 1.29 is 56.2 Å². The van der Waals surface area contributed by atoms with Crippen LogP contribution in [0, 0.1) is 0 Å². The van der Waals surface area contributed by atoms with Crippen LogP contribution in [0.3, 0.4) is 0 Å². The van der Waals surface area contributed by atoms with E-state index in [2.05, 4.69) is 5.32 Å². The SMILES string of the molecule is CNC(=O)c1ccccc1.[K+]. The van der Waals surface area contributed by atoms with Crippen molar-refractivity contribution in [2.24, 2.45) is 0 Å². The molecule has 52 valence electrons. The second-order valence-electron chi connectivity index (χ2n) is 1.95. The molecule has 0 spiro atoms. The molecule has 1 amide bonds. The van der Waals surface area contributed by atoms with Crippen molar-refractivity contribution in [3.8, 4) is 0 Å². The van der Waals surface area contributed by atoms with Gasteiger partial charge in [-0.1, -0.05) is 18.2 Å². The number of benzene rings is 1. The predicted octanol–water partition coefficient (Wildman–Crippen LogP) is -1.95. The summed E-state index contributed by atoms with van der Waals surface area (Å²) in [5, 5.41) is 2.54. The Kier molecular flexibility index (Phi) is 6.09. The molecular formula is C8H9KNO+. The zero-order valence-electron chi connectivity index (χ0n) is 6.79. The van der Waals surface area contributed by atoms with E-state index in [1.807, 2.05) is 18.2 Å². The van der Waals surface area contributed by atoms with E-state index in [0.717, 1.165) is 0 Å². The van der Waals surface area contributed by atoms with E-state index in [1.54, 1.807) is 19.2 Å². The Labute approximate surface area is 109 Å². The van der Waals surface area contributed by atoms with Crippen LogP contribution in [-0.4, -0.2) is 13.0 Å². The first-order chi connectivity index (χ1) is 4.84. The maximum atomic E-state index is 10.9. The van der Waals surface area contributed by atoms with Gasteiger partial charge in [-0.2, -0.15) is 0 Å². The molecule has 0 aromatic heterocycles. The molecule has 0 atom stereocenters. The van der Waals surface area contributed by atoms with Crippen molar-refractivity contribution >= 4 is 5.91 Å². The minimum absolute atomic E-state index is 0. The van der Waals surface area contributed by atoms with E-state index < -0.39 is 0 Å². The zero-order chi connectivity index (χ0) is 7.40. The molecule has 1 rings (SSSR count). The summed E-state index contributed by atoms with van der Waals surface area (Å²) in [6.07, 6.45) is 0. The third-order valence-electron chi connectivity index (χ3n) is 1.26. The van der Waals surface area contributed by atoms with Gasteiger partial charge in [-0.15, -0.1) is 0 Å². The van der Waals surface area contributed by atoms with Crippen LogP contribution in [0.5, 0.6) is 0 Å². The van der Waals surface area contributed by atoms with Gasteiger partial charge in [0.1, 0.15) is 0 Å². The van der Waals surface area contributed by atoms with E-state index in [-0.39, 0.29) is 57.3 Å². The van der Waals surface area contributed by atoms with Crippen LogP contribution in [0.2, 0.25) is 0 Å². The molecule has 0 aliphatic heterocycles. The molecule has 0 aliphatic rings. The molecule has 0 heterocycles. The topological polar surface area (TPSA) is 29.1 Å². The number of hydrogen-bond donors (Lipinski definition) is 1. The molecule has 2 nitrogen and oxygen atoms in total. The molecule has 0 bridgehead atoms. The average molecular weight is 174 g/mol. The summed E-state index contributed by atoms with van der Waals surface area (Å²) in [5.74, 6) is -0.0411. The van der Waals surface area contributed by atoms with Crippen molar-refractivity contribution in [2.45, 2.75) is 0 Å². The molecule has 0 fully saturated rings. The van der Waals surface area contributed by atoms with Gasteiger partial charge < -0.3 is 5.32 Å². The number of hydrogen-bond acceptors (Lipinski definition) is 1. The second kappa shape index (κ2) is 5.91. The van der Waals surface area contributed by atoms with E-state index in [0.29, 0.717) is 5.56 Å². The van der Waals surface area contributed by atoms with Gasteiger partial charge >= 0.3 is 51.4 Å². The number of rotatable bonds is 1. The molecule has 0 radical (unpaired) electrons. The third kappa shape index (κ3) is 3.49. The number of amides is 1. The zero-order valence-corrected chi connectivity index (χ0v) is 9.92. The standard InChI is InChI=1S/C8H9NO.K/c1-9-8(10)7-5-3-2-4-6-7;/h2-6H,1H3,(H,9,10);/q;+1. The minimum Gasteiger partial charge on any atom is -0.355 e. The van der Waals surface area contributed by atoms with Gasteiger partial charge in [0.2, 0.25) is 0 Å². The normalized spacial score (nSPS) is 8.09. The van der Waals surface area contributed by atoms with Crippen LogP contribution >= 0.6 is 0 Å². The van der Waals surface area contributed by atoms with Crippen LogP contribution in [0.4, 0.5) is 0 Å². The van der Waals surface area contributed by atoms with Crippen molar-refractivity contribution in [3.05, 3.63) is 35.9 Å². The van der Waals surface area contributed by atoms with E-state index in [9.17, 15) is 4.79 Å². The van der Waals surface area contributed by atoms with Crippen molar-refractivity contribution in [2.75, 3.05) is 7.05 Å². The minimum atomic E-state index is -0.0411. The van der Waals surface area contributed by atoms with Gasteiger partial charge in [0, 0.05) is 12.6 Å². The Hall–Kier alpha value is 0.326. The Morgan fingerprint density at radius 3 is 2.27 bits per heavy atom. The van der Waals surface area contributed by atoms with Gasteiger partial charge in [-0.05, 0) is 12.1 Å². The first-order valence-corrected chi connectivity index (χ1v) is 3.11. The summed E-state index contributed by atoms with van der Waals surface area (Å²) in [7, 11) is 1.62. The Morgan fingerprint density at radius 2 is 1.82 bits per heavy atom. The monoisotopic (exact) mass is 174 g/mol. The maximum Gasteiger partial charge on any atom is 1.00 e. The Balaban J connectivity index is 0.000001000. The molecule has 0 saturated heterocycles. The molecule has 0 aliphatic carbocycles. The van der Waals surface area contributed by atoms with Crippen LogP contribution < -0.4 is 56.7 Å². The van der Waals surface area contributed by atoms with Gasteiger partial charge in [0.05, 0.1) is 0 Å². The Morgan fingerprint density at radius 1 is 1.27 bits per heavy atom. The quantitative estimate of drug-likeness (QED) is 0.493. The Bertz CT molecular complexity index is 223. The molecule has 0 unspecified atom stereocenters. The summed E-state index contributed by atoms with van der Waals surface area (Å²) in [6, 6.07) is 9.11. The molecule has 1 aromatic carbocycles. The molecule has 3 heteroatoms. The van der Waals surface area contributed by atoms with Gasteiger partial charge in [0.15, 0.2) is 0 Å². The number of carbonyl (C=O) groups excluding carboxylic acids is 1. The van der Waals surface area contributed by atoms with Crippen LogP contribution in [0.25, 0.3) is 0 Å². The van der Waals surface area contributed by atoms with E-state index in [1.165, 1.54) is 0 Å². The summed E-state index contributed by atoms with van der Waals surface area (Å²) in [4.78, 5) is 10.9. The van der Waals surface area contributed by atoms with Crippen LogP contribution in [-0.2, 0) is 0 Å². The fourth-order valence-electron chi connectivity index (χ4n) is 0.734. The summed E-state index contributed by atoms with van der Waals surface area (Å²) >= 11 is 0. The maximum absolute atomic E-state index is 10.9. The molecular weight excluding hydrogens is 165 g/mol. The first-order valence-electron chi connectivity index (χ1n) is 3.11.